The molecule has 0 amide bonds. The van der Waals surface area contributed by atoms with Gasteiger partial charge in [0, 0.05) is 13.2 Å². The quantitative estimate of drug-likeness (QED) is 0.777. The lowest BCUT2D eigenvalue weighted by molar-refractivity contribution is 0.128. The first-order valence-electron chi connectivity index (χ1n) is 6.70. The molecule has 0 aliphatic rings. The molecule has 20 heavy (non-hydrogen) atoms. The van der Waals surface area contributed by atoms with Crippen molar-refractivity contribution in [2.45, 2.75) is 38.6 Å². The van der Waals surface area contributed by atoms with Gasteiger partial charge in [0.2, 0.25) is 0 Å². The Balaban J connectivity index is 1.75. The van der Waals surface area contributed by atoms with Crippen molar-refractivity contribution in [3.63, 3.8) is 0 Å². The number of rotatable bonds is 8. The average Bonchev–Trinajstić information content (AvgIpc) is 3.08. The molecule has 0 fully saturated rings. The van der Waals surface area contributed by atoms with Crippen LogP contribution in [-0.4, -0.2) is 18.3 Å². The summed E-state index contributed by atoms with van der Waals surface area (Å²) in [7, 11) is 1.64. The van der Waals surface area contributed by atoms with Gasteiger partial charge >= 0.3 is 0 Å². The lowest BCUT2D eigenvalue weighted by atomic mass is 10.1. The van der Waals surface area contributed by atoms with Crippen LogP contribution >= 0.6 is 0 Å². The van der Waals surface area contributed by atoms with Crippen LogP contribution in [0.15, 0.2) is 39.4 Å². The summed E-state index contributed by atoms with van der Waals surface area (Å²) in [5.41, 5.74) is 0. The van der Waals surface area contributed by atoms with E-state index in [1.54, 1.807) is 25.5 Å². The molecule has 0 radical (unpaired) electrons. The molecule has 2 atom stereocenters. The van der Waals surface area contributed by atoms with Gasteiger partial charge in [-0.3, -0.25) is 0 Å². The van der Waals surface area contributed by atoms with Gasteiger partial charge in [-0.25, -0.2) is 0 Å². The zero-order chi connectivity index (χ0) is 14.4. The van der Waals surface area contributed by atoms with Crippen LogP contribution in [0.5, 0.6) is 0 Å². The highest BCUT2D eigenvalue weighted by Crippen LogP contribution is 2.18. The summed E-state index contributed by atoms with van der Waals surface area (Å²) in [6.07, 6.45) is 1.56. The number of ether oxygens (including phenoxy) is 1. The standard InChI is InChI=1S/C15H21NO4/c1-11(8-14(17)15-4-3-7-19-15)16-9-12-5-6-13(20-12)10-18-2/h3-7,11,14,16-17H,8-10H2,1-2H3. The average molecular weight is 279 g/mol. The highest BCUT2D eigenvalue weighted by atomic mass is 16.5. The van der Waals surface area contributed by atoms with Crippen molar-refractivity contribution in [1.82, 2.24) is 5.32 Å². The monoisotopic (exact) mass is 279 g/mol. The molecule has 0 aliphatic carbocycles. The van der Waals surface area contributed by atoms with Gasteiger partial charge in [0.25, 0.3) is 0 Å². The maximum atomic E-state index is 9.98. The van der Waals surface area contributed by atoms with Crippen LogP contribution in [-0.2, 0) is 17.9 Å². The van der Waals surface area contributed by atoms with Gasteiger partial charge in [-0.15, -0.1) is 0 Å². The number of aliphatic hydroxyl groups excluding tert-OH is 1. The van der Waals surface area contributed by atoms with E-state index >= 15 is 0 Å². The Bertz CT molecular complexity index is 492. The van der Waals surface area contributed by atoms with Crippen molar-refractivity contribution >= 4 is 0 Å². The van der Waals surface area contributed by atoms with E-state index in [1.807, 2.05) is 19.1 Å². The third kappa shape index (κ3) is 4.23. The third-order valence-corrected chi connectivity index (χ3v) is 3.08. The van der Waals surface area contributed by atoms with Crippen molar-refractivity contribution in [3.8, 4) is 0 Å². The molecule has 0 aromatic carbocycles. The Morgan fingerprint density at radius 3 is 2.80 bits per heavy atom. The van der Waals surface area contributed by atoms with E-state index in [0.29, 0.717) is 25.3 Å². The number of hydrogen-bond acceptors (Lipinski definition) is 5. The molecule has 2 unspecified atom stereocenters. The zero-order valence-corrected chi connectivity index (χ0v) is 11.8. The molecule has 0 bridgehead atoms. The number of nitrogens with one attached hydrogen (secondary N) is 1. The number of methoxy groups -OCH3 is 1. The minimum absolute atomic E-state index is 0.145. The number of furan rings is 2. The smallest absolute Gasteiger partial charge is 0.132 e. The topological polar surface area (TPSA) is 67.8 Å². The fourth-order valence-electron chi connectivity index (χ4n) is 2.03. The van der Waals surface area contributed by atoms with Gasteiger partial charge in [-0.1, -0.05) is 0 Å². The fourth-order valence-corrected chi connectivity index (χ4v) is 2.03. The Kier molecular flexibility index (Phi) is 5.40. The number of hydrogen-bond donors (Lipinski definition) is 2. The van der Waals surface area contributed by atoms with E-state index in [2.05, 4.69) is 5.32 Å². The molecule has 2 aromatic heterocycles. The predicted molar refractivity (Wildman–Crippen MR) is 74.0 cm³/mol. The maximum Gasteiger partial charge on any atom is 0.132 e. The van der Waals surface area contributed by atoms with Gasteiger partial charge in [0.1, 0.15) is 30.0 Å². The van der Waals surface area contributed by atoms with Crippen LogP contribution < -0.4 is 5.32 Å². The molecule has 5 heteroatoms. The Morgan fingerprint density at radius 1 is 1.30 bits per heavy atom. The highest BCUT2D eigenvalue weighted by Gasteiger charge is 2.14. The van der Waals surface area contributed by atoms with Crippen LogP contribution in [0, 0.1) is 0 Å². The minimum atomic E-state index is -0.590. The second kappa shape index (κ2) is 7.28. The van der Waals surface area contributed by atoms with E-state index in [-0.39, 0.29) is 6.04 Å². The molecule has 5 nitrogen and oxygen atoms in total. The third-order valence-electron chi connectivity index (χ3n) is 3.08. The molecule has 2 rings (SSSR count). The van der Waals surface area contributed by atoms with Crippen molar-refractivity contribution in [3.05, 3.63) is 47.8 Å². The summed E-state index contributed by atoms with van der Waals surface area (Å²) in [5.74, 6) is 2.27. The SMILES string of the molecule is COCc1ccc(CNC(C)CC(O)c2ccco2)o1. The van der Waals surface area contributed by atoms with Crippen molar-refractivity contribution < 1.29 is 18.7 Å². The van der Waals surface area contributed by atoms with Gasteiger partial charge in [-0.2, -0.15) is 0 Å². The largest absolute Gasteiger partial charge is 0.467 e. The van der Waals surface area contributed by atoms with Crippen molar-refractivity contribution in [2.75, 3.05) is 7.11 Å². The molecule has 2 heterocycles. The van der Waals surface area contributed by atoms with Gasteiger partial charge in [-0.05, 0) is 37.6 Å². The van der Waals surface area contributed by atoms with Crippen molar-refractivity contribution in [2.24, 2.45) is 0 Å². The van der Waals surface area contributed by atoms with Gasteiger partial charge in [0.15, 0.2) is 0 Å². The first-order chi connectivity index (χ1) is 9.69. The Hall–Kier alpha value is -1.56. The lowest BCUT2D eigenvalue weighted by Gasteiger charge is -2.15. The maximum absolute atomic E-state index is 9.98. The molecule has 2 N–H and O–H groups in total. The summed E-state index contributed by atoms with van der Waals surface area (Å²) in [6, 6.07) is 7.53. The van der Waals surface area contributed by atoms with E-state index in [0.717, 1.165) is 11.5 Å². The van der Waals surface area contributed by atoms with Crippen molar-refractivity contribution in [1.29, 1.82) is 0 Å². The molecule has 110 valence electrons. The van der Waals surface area contributed by atoms with Crippen LogP contribution in [0.2, 0.25) is 0 Å². The van der Waals surface area contributed by atoms with E-state index in [9.17, 15) is 5.11 Å². The highest BCUT2D eigenvalue weighted by molar-refractivity contribution is 5.06. The molecular formula is C15H21NO4. The second-order valence-corrected chi connectivity index (χ2v) is 4.85. The predicted octanol–water partition coefficient (Wildman–Crippen LogP) is 2.62. The molecule has 0 aliphatic heterocycles. The lowest BCUT2D eigenvalue weighted by Crippen LogP contribution is -2.27. The first-order valence-corrected chi connectivity index (χ1v) is 6.70. The normalized spacial score (nSPS) is 14.3. The summed E-state index contributed by atoms with van der Waals surface area (Å²) in [6.45, 7) is 3.12. The van der Waals surface area contributed by atoms with Gasteiger partial charge < -0.3 is 24.0 Å². The Morgan fingerprint density at radius 2 is 2.10 bits per heavy atom. The summed E-state index contributed by atoms with van der Waals surface area (Å²) in [5, 5.41) is 13.3. The fraction of sp³-hybridized carbons (Fsp3) is 0.467. The van der Waals surface area contributed by atoms with Crippen LogP contribution in [0.25, 0.3) is 0 Å². The van der Waals surface area contributed by atoms with Crippen LogP contribution in [0.4, 0.5) is 0 Å². The first kappa shape index (κ1) is 14.8. The van der Waals surface area contributed by atoms with Crippen LogP contribution in [0.3, 0.4) is 0 Å². The van der Waals surface area contributed by atoms with E-state index in [4.69, 9.17) is 13.6 Å². The second-order valence-electron chi connectivity index (χ2n) is 4.85. The summed E-state index contributed by atoms with van der Waals surface area (Å²) >= 11 is 0. The number of aliphatic hydroxyl groups is 1. The molecule has 0 spiro atoms. The summed E-state index contributed by atoms with van der Waals surface area (Å²) < 4.78 is 15.8. The van der Waals surface area contributed by atoms with E-state index < -0.39 is 6.10 Å². The molecular weight excluding hydrogens is 258 g/mol. The summed E-state index contributed by atoms with van der Waals surface area (Å²) in [4.78, 5) is 0. The Labute approximate surface area is 118 Å². The molecule has 0 saturated heterocycles. The minimum Gasteiger partial charge on any atom is -0.467 e. The van der Waals surface area contributed by atoms with Gasteiger partial charge in [0.05, 0.1) is 12.8 Å². The van der Waals surface area contributed by atoms with Crippen LogP contribution in [0.1, 0.15) is 36.7 Å². The molecule has 2 aromatic rings. The van der Waals surface area contributed by atoms with E-state index in [1.165, 1.54) is 0 Å². The molecule has 0 saturated carbocycles. The zero-order valence-electron chi connectivity index (χ0n) is 11.8.